The summed E-state index contributed by atoms with van der Waals surface area (Å²) in [5.41, 5.74) is 1.10. The highest BCUT2D eigenvalue weighted by atomic mass is 79.9. The second kappa shape index (κ2) is 4.55. The van der Waals surface area contributed by atoms with Crippen molar-refractivity contribution in [3.8, 4) is 0 Å². The lowest BCUT2D eigenvalue weighted by Gasteiger charge is -1.93. The molecule has 0 aliphatic heterocycles. The molecule has 0 aliphatic carbocycles. The summed E-state index contributed by atoms with van der Waals surface area (Å²) >= 11 is 17.6. The van der Waals surface area contributed by atoms with Crippen molar-refractivity contribution in [3.63, 3.8) is 0 Å². The molecule has 0 atom stereocenters. The van der Waals surface area contributed by atoms with Gasteiger partial charge in [-0.1, -0.05) is 23.2 Å². The number of ketones is 1. The second-order valence-electron chi connectivity index (χ2n) is 2.71. The summed E-state index contributed by atoms with van der Waals surface area (Å²) in [7, 11) is 0. The van der Waals surface area contributed by atoms with E-state index in [0.717, 1.165) is 3.79 Å². The Morgan fingerprint density at radius 3 is 2.53 bits per heavy atom. The van der Waals surface area contributed by atoms with E-state index in [0.29, 0.717) is 19.8 Å². The minimum Gasteiger partial charge on any atom is -0.288 e. The maximum absolute atomic E-state index is 11.9. The standard InChI is InChI=1S/C9H3BrCl2OS2/c10-6-1-4(3-14-6)8(13)5-2-7(11)15-9(5)12/h1-3H. The first kappa shape index (κ1) is 11.6. The van der Waals surface area contributed by atoms with Crippen LogP contribution in [0.1, 0.15) is 15.9 Å². The van der Waals surface area contributed by atoms with Gasteiger partial charge in [-0.05, 0) is 28.1 Å². The predicted octanol–water partition coefficient (Wildman–Crippen LogP) is 5.11. The van der Waals surface area contributed by atoms with Gasteiger partial charge in [0.05, 0.1) is 13.7 Å². The molecule has 0 unspecified atom stereocenters. The Morgan fingerprint density at radius 2 is 2.07 bits per heavy atom. The molecule has 0 aliphatic rings. The summed E-state index contributed by atoms with van der Waals surface area (Å²) in [6, 6.07) is 3.37. The quantitative estimate of drug-likeness (QED) is 0.693. The molecule has 0 aromatic carbocycles. The van der Waals surface area contributed by atoms with Crippen molar-refractivity contribution >= 4 is 67.6 Å². The van der Waals surface area contributed by atoms with Crippen molar-refractivity contribution in [3.05, 3.63) is 41.1 Å². The molecule has 0 saturated heterocycles. The molecule has 78 valence electrons. The van der Waals surface area contributed by atoms with Crippen molar-refractivity contribution < 1.29 is 4.79 Å². The van der Waals surface area contributed by atoms with Gasteiger partial charge in [0.15, 0.2) is 5.78 Å². The fraction of sp³-hybridized carbons (Fsp3) is 0. The monoisotopic (exact) mass is 340 g/mol. The van der Waals surface area contributed by atoms with Gasteiger partial charge < -0.3 is 0 Å². The van der Waals surface area contributed by atoms with Gasteiger partial charge in [-0.25, -0.2) is 0 Å². The fourth-order valence-corrected chi connectivity index (χ4v) is 3.67. The third-order valence-corrected chi connectivity index (χ3v) is 4.72. The molecule has 0 bridgehead atoms. The van der Waals surface area contributed by atoms with Gasteiger partial charge in [0.2, 0.25) is 0 Å². The maximum atomic E-state index is 11.9. The molecule has 0 N–H and O–H groups in total. The molecule has 0 fully saturated rings. The molecule has 2 aromatic rings. The van der Waals surface area contributed by atoms with E-state index in [1.165, 1.54) is 22.7 Å². The van der Waals surface area contributed by atoms with Crippen LogP contribution in [0.25, 0.3) is 0 Å². The lowest BCUT2D eigenvalue weighted by atomic mass is 10.1. The molecule has 1 nitrogen and oxygen atoms in total. The zero-order chi connectivity index (χ0) is 11.0. The molecule has 0 radical (unpaired) electrons. The molecule has 2 heterocycles. The van der Waals surface area contributed by atoms with Gasteiger partial charge in [0.25, 0.3) is 0 Å². The van der Waals surface area contributed by atoms with Crippen molar-refractivity contribution in [2.45, 2.75) is 0 Å². The first-order valence-electron chi connectivity index (χ1n) is 3.81. The summed E-state index contributed by atoms with van der Waals surface area (Å²) in [5.74, 6) is -0.0925. The summed E-state index contributed by atoms with van der Waals surface area (Å²) in [6.07, 6.45) is 0. The van der Waals surface area contributed by atoms with Crippen LogP contribution < -0.4 is 0 Å². The smallest absolute Gasteiger partial charge is 0.196 e. The molecular formula is C9H3BrCl2OS2. The molecule has 15 heavy (non-hydrogen) atoms. The van der Waals surface area contributed by atoms with E-state index in [1.54, 1.807) is 17.5 Å². The summed E-state index contributed by atoms with van der Waals surface area (Å²) in [5, 5.41) is 1.79. The number of carbonyl (C=O) groups excluding carboxylic acids is 1. The topological polar surface area (TPSA) is 17.1 Å². The van der Waals surface area contributed by atoms with Crippen molar-refractivity contribution in [2.24, 2.45) is 0 Å². The average molecular weight is 342 g/mol. The molecule has 0 spiro atoms. The molecule has 2 aromatic heterocycles. The average Bonchev–Trinajstić information content (AvgIpc) is 2.71. The molecule has 0 amide bonds. The minimum absolute atomic E-state index is 0.0925. The van der Waals surface area contributed by atoms with Gasteiger partial charge in [-0.3, -0.25) is 4.79 Å². The highest BCUT2D eigenvalue weighted by molar-refractivity contribution is 9.11. The number of halogens is 3. The first-order chi connectivity index (χ1) is 7.08. The molecule has 2 rings (SSSR count). The molecule has 6 heteroatoms. The minimum atomic E-state index is -0.0925. The lowest BCUT2D eigenvalue weighted by Crippen LogP contribution is -1.97. The number of rotatable bonds is 2. The highest BCUT2D eigenvalue weighted by Crippen LogP contribution is 2.33. The normalized spacial score (nSPS) is 10.6. The van der Waals surface area contributed by atoms with Crippen LogP contribution in [0.5, 0.6) is 0 Å². The largest absolute Gasteiger partial charge is 0.288 e. The van der Waals surface area contributed by atoms with E-state index in [9.17, 15) is 4.79 Å². The van der Waals surface area contributed by atoms with Crippen LogP contribution in [0.15, 0.2) is 21.3 Å². The van der Waals surface area contributed by atoms with E-state index < -0.39 is 0 Å². The Morgan fingerprint density at radius 1 is 1.33 bits per heavy atom. The summed E-state index contributed by atoms with van der Waals surface area (Å²) < 4.78 is 1.88. The lowest BCUT2D eigenvalue weighted by molar-refractivity contribution is 0.103. The van der Waals surface area contributed by atoms with E-state index in [1.807, 2.05) is 0 Å². The maximum Gasteiger partial charge on any atom is 0.196 e. The van der Waals surface area contributed by atoms with Crippen LogP contribution in [0.3, 0.4) is 0 Å². The first-order valence-corrected chi connectivity index (χ1v) is 7.06. The van der Waals surface area contributed by atoms with Crippen molar-refractivity contribution in [2.75, 3.05) is 0 Å². The third kappa shape index (κ3) is 2.45. The van der Waals surface area contributed by atoms with Crippen LogP contribution in [0, 0.1) is 0 Å². The van der Waals surface area contributed by atoms with E-state index in [2.05, 4.69) is 15.9 Å². The van der Waals surface area contributed by atoms with Gasteiger partial charge in [0.1, 0.15) is 4.34 Å². The van der Waals surface area contributed by atoms with Gasteiger partial charge in [0, 0.05) is 10.9 Å². The molecular weight excluding hydrogens is 339 g/mol. The number of hydrogen-bond donors (Lipinski definition) is 0. The van der Waals surface area contributed by atoms with Gasteiger partial charge >= 0.3 is 0 Å². The number of thiophene rings is 2. The Bertz CT molecular complexity index is 518. The summed E-state index contributed by atoms with van der Waals surface area (Å²) in [6.45, 7) is 0. The van der Waals surface area contributed by atoms with Crippen LogP contribution in [-0.2, 0) is 0 Å². The molecule has 0 saturated carbocycles. The van der Waals surface area contributed by atoms with E-state index in [4.69, 9.17) is 23.2 Å². The SMILES string of the molecule is O=C(c1csc(Br)c1)c1cc(Cl)sc1Cl. The van der Waals surface area contributed by atoms with E-state index in [-0.39, 0.29) is 5.78 Å². The van der Waals surface area contributed by atoms with Crippen molar-refractivity contribution in [1.82, 2.24) is 0 Å². The van der Waals surface area contributed by atoms with Crippen molar-refractivity contribution in [1.29, 1.82) is 0 Å². The Kier molecular flexibility index (Phi) is 3.52. The second-order valence-corrected chi connectivity index (χ2v) is 7.28. The van der Waals surface area contributed by atoms with Gasteiger partial charge in [-0.15, -0.1) is 22.7 Å². The Hall–Kier alpha value is 0.130. The number of hydrogen-bond acceptors (Lipinski definition) is 3. The highest BCUT2D eigenvalue weighted by Gasteiger charge is 2.16. The summed E-state index contributed by atoms with van der Waals surface area (Å²) in [4.78, 5) is 11.9. The number of carbonyl (C=O) groups is 1. The zero-order valence-corrected chi connectivity index (χ0v) is 11.8. The van der Waals surface area contributed by atoms with Crippen LogP contribution >= 0.6 is 61.8 Å². The predicted molar refractivity (Wildman–Crippen MR) is 69.8 cm³/mol. The van der Waals surface area contributed by atoms with Crippen LogP contribution in [0.4, 0.5) is 0 Å². The van der Waals surface area contributed by atoms with Gasteiger partial charge in [-0.2, -0.15) is 0 Å². The van der Waals surface area contributed by atoms with Crippen LogP contribution in [-0.4, -0.2) is 5.78 Å². The third-order valence-electron chi connectivity index (χ3n) is 1.73. The van der Waals surface area contributed by atoms with Crippen LogP contribution in [0.2, 0.25) is 8.67 Å². The zero-order valence-electron chi connectivity index (χ0n) is 7.09. The Labute approximate surface area is 113 Å². The Balaban J connectivity index is 2.40. The fourth-order valence-electron chi connectivity index (χ4n) is 1.08. The van der Waals surface area contributed by atoms with E-state index >= 15 is 0 Å².